The first kappa shape index (κ1) is 9.84. The van der Waals surface area contributed by atoms with Crippen LogP contribution in [0.4, 0.5) is 0 Å². The molecule has 1 unspecified atom stereocenters. The Morgan fingerprint density at radius 3 is 3.00 bits per heavy atom. The number of amides is 1. The molecule has 1 amide bonds. The fourth-order valence-electron chi connectivity index (χ4n) is 0.947. The molecule has 72 valence electrons. The van der Waals surface area contributed by atoms with Gasteiger partial charge in [0.1, 0.15) is 5.76 Å². The number of carbonyl (C=O) groups is 1. The summed E-state index contributed by atoms with van der Waals surface area (Å²) in [7, 11) is 0. The van der Waals surface area contributed by atoms with Gasteiger partial charge >= 0.3 is 0 Å². The van der Waals surface area contributed by atoms with Gasteiger partial charge in [-0.1, -0.05) is 13.8 Å². The molecule has 0 saturated heterocycles. The Labute approximate surface area is 78.1 Å². The number of hydrogen-bond acceptors (Lipinski definition) is 2. The number of rotatable bonds is 4. The molecule has 0 spiro atoms. The summed E-state index contributed by atoms with van der Waals surface area (Å²) in [5, 5.41) is 2.80. The first-order chi connectivity index (χ1) is 6.24. The van der Waals surface area contributed by atoms with Gasteiger partial charge in [0.15, 0.2) is 0 Å². The van der Waals surface area contributed by atoms with Crippen LogP contribution >= 0.6 is 0 Å². The third kappa shape index (κ3) is 2.93. The lowest BCUT2D eigenvalue weighted by molar-refractivity contribution is -0.124. The zero-order valence-corrected chi connectivity index (χ0v) is 8.04. The fourth-order valence-corrected chi connectivity index (χ4v) is 0.947. The van der Waals surface area contributed by atoms with Crippen LogP contribution < -0.4 is 5.32 Å². The summed E-state index contributed by atoms with van der Waals surface area (Å²) < 4.78 is 5.08. The smallest absolute Gasteiger partial charge is 0.223 e. The van der Waals surface area contributed by atoms with Gasteiger partial charge in [0.05, 0.1) is 12.8 Å². The van der Waals surface area contributed by atoms with E-state index in [2.05, 4.69) is 5.32 Å². The van der Waals surface area contributed by atoms with Gasteiger partial charge in [-0.2, -0.15) is 0 Å². The highest BCUT2D eigenvalue weighted by Crippen LogP contribution is 2.02. The predicted octanol–water partition coefficient (Wildman–Crippen LogP) is 1.94. The van der Waals surface area contributed by atoms with Gasteiger partial charge in [-0.25, -0.2) is 0 Å². The van der Waals surface area contributed by atoms with E-state index in [-0.39, 0.29) is 11.8 Å². The van der Waals surface area contributed by atoms with Crippen molar-refractivity contribution in [3.8, 4) is 0 Å². The Kier molecular flexibility index (Phi) is 3.55. The van der Waals surface area contributed by atoms with Crippen molar-refractivity contribution in [2.45, 2.75) is 26.8 Å². The van der Waals surface area contributed by atoms with E-state index in [1.165, 1.54) is 0 Å². The van der Waals surface area contributed by atoms with E-state index < -0.39 is 0 Å². The Morgan fingerprint density at radius 2 is 2.46 bits per heavy atom. The van der Waals surface area contributed by atoms with Gasteiger partial charge in [0.25, 0.3) is 0 Å². The molecule has 1 N–H and O–H groups in total. The molecule has 0 radical (unpaired) electrons. The molecular formula is C10H15NO2. The molecule has 1 aromatic rings. The molecule has 13 heavy (non-hydrogen) atoms. The van der Waals surface area contributed by atoms with Crippen LogP contribution in [0.3, 0.4) is 0 Å². The topological polar surface area (TPSA) is 42.2 Å². The van der Waals surface area contributed by atoms with E-state index in [1.54, 1.807) is 6.26 Å². The molecule has 0 saturated carbocycles. The van der Waals surface area contributed by atoms with Gasteiger partial charge < -0.3 is 9.73 Å². The highest BCUT2D eigenvalue weighted by atomic mass is 16.3. The second kappa shape index (κ2) is 4.70. The number of furan rings is 1. The minimum Gasteiger partial charge on any atom is -0.467 e. The van der Waals surface area contributed by atoms with E-state index in [0.29, 0.717) is 6.54 Å². The van der Waals surface area contributed by atoms with Crippen LogP contribution in [0.15, 0.2) is 22.8 Å². The molecule has 1 aromatic heterocycles. The maximum absolute atomic E-state index is 11.3. The SMILES string of the molecule is CCC(C)C(=O)NCc1ccco1. The van der Waals surface area contributed by atoms with Gasteiger partial charge in [0, 0.05) is 5.92 Å². The second-order valence-corrected chi connectivity index (χ2v) is 3.11. The largest absolute Gasteiger partial charge is 0.467 e. The van der Waals surface area contributed by atoms with Crippen molar-refractivity contribution in [2.24, 2.45) is 5.92 Å². The normalized spacial score (nSPS) is 12.5. The third-order valence-electron chi connectivity index (χ3n) is 2.08. The highest BCUT2D eigenvalue weighted by molar-refractivity contribution is 5.78. The summed E-state index contributed by atoms with van der Waals surface area (Å²) in [4.78, 5) is 11.3. The van der Waals surface area contributed by atoms with Crippen LogP contribution in [-0.4, -0.2) is 5.91 Å². The average molecular weight is 181 g/mol. The summed E-state index contributed by atoms with van der Waals surface area (Å²) >= 11 is 0. The van der Waals surface area contributed by atoms with E-state index in [1.807, 2.05) is 26.0 Å². The molecule has 1 heterocycles. The lowest BCUT2D eigenvalue weighted by atomic mass is 10.1. The van der Waals surface area contributed by atoms with Crippen molar-refractivity contribution in [3.63, 3.8) is 0 Å². The molecule has 1 rings (SSSR count). The van der Waals surface area contributed by atoms with Crippen molar-refractivity contribution in [2.75, 3.05) is 0 Å². The van der Waals surface area contributed by atoms with Crippen molar-refractivity contribution in [1.29, 1.82) is 0 Å². The van der Waals surface area contributed by atoms with Crippen LogP contribution in [0.5, 0.6) is 0 Å². The zero-order valence-electron chi connectivity index (χ0n) is 8.04. The number of hydrogen-bond donors (Lipinski definition) is 1. The molecule has 0 bridgehead atoms. The number of nitrogens with one attached hydrogen (secondary N) is 1. The predicted molar refractivity (Wildman–Crippen MR) is 50.0 cm³/mol. The fraction of sp³-hybridized carbons (Fsp3) is 0.500. The van der Waals surface area contributed by atoms with Crippen LogP contribution in [0.1, 0.15) is 26.0 Å². The van der Waals surface area contributed by atoms with Crippen molar-refractivity contribution in [3.05, 3.63) is 24.2 Å². The maximum atomic E-state index is 11.3. The minimum absolute atomic E-state index is 0.0787. The first-order valence-corrected chi connectivity index (χ1v) is 4.54. The quantitative estimate of drug-likeness (QED) is 0.771. The summed E-state index contributed by atoms with van der Waals surface area (Å²) in [6.45, 7) is 4.39. The average Bonchev–Trinajstić information content (AvgIpc) is 2.65. The van der Waals surface area contributed by atoms with Crippen molar-refractivity contribution >= 4 is 5.91 Å². The summed E-state index contributed by atoms with van der Waals surface area (Å²) in [5.41, 5.74) is 0. The molecular weight excluding hydrogens is 166 g/mol. The van der Waals surface area contributed by atoms with Gasteiger partial charge in [-0.3, -0.25) is 4.79 Å². The summed E-state index contributed by atoms with van der Waals surface area (Å²) in [5.74, 6) is 0.950. The third-order valence-corrected chi connectivity index (χ3v) is 2.08. The Balaban J connectivity index is 2.31. The molecule has 0 aromatic carbocycles. The van der Waals surface area contributed by atoms with E-state index in [0.717, 1.165) is 12.2 Å². The molecule has 0 fully saturated rings. The molecule has 0 aliphatic rings. The van der Waals surface area contributed by atoms with E-state index in [4.69, 9.17) is 4.42 Å². The minimum atomic E-state index is 0.0787. The lowest BCUT2D eigenvalue weighted by Gasteiger charge is -2.07. The second-order valence-electron chi connectivity index (χ2n) is 3.11. The Hall–Kier alpha value is -1.25. The monoisotopic (exact) mass is 181 g/mol. The molecule has 3 nitrogen and oxygen atoms in total. The summed E-state index contributed by atoms with van der Waals surface area (Å²) in [6, 6.07) is 3.65. The Morgan fingerprint density at radius 1 is 1.69 bits per heavy atom. The van der Waals surface area contributed by atoms with Crippen LogP contribution in [0.25, 0.3) is 0 Å². The molecule has 3 heteroatoms. The number of carbonyl (C=O) groups excluding carboxylic acids is 1. The standard InChI is InChI=1S/C10H15NO2/c1-3-8(2)10(12)11-7-9-5-4-6-13-9/h4-6,8H,3,7H2,1-2H3,(H,11,12). The van der Waals surface area contributed by atoms with Gasteiger partial charge in [-0.05, 0) is 18.6 Å². The molecule has 0 aliphatic heterocycles. The van der Waals surface area contributed by atoms with Crippen molar-refractivity contribution < 1.29 is 9.21 Å². The molecule has 1 atom stereocenters. The van der Waals surface area contributed by atoms with E-state index in [9.17, 15) is 4.79 Å². The van der Waals surface area contributed by atoms with E-state index >= 15 is 0 Å². The van der Waals surface area contributed by atoms with Crippen molar-refractivity contribution in [1.82, 2.24) is 5.32 Å². The first-order valence-electron chi connectivity index (χ1n) is 4.54. The Bertz CT molecular complexity index is 254. The van der Waals surface area contributed by atoms with Crippen LogP contribution in [-0.2, 0) is 11.3 Å². The van der Waals surface area contributed by atoms with Gasteiger partial charge in [0.2, 0.25) is 5.91 Å². The van der Waals surface area contributed by atoms with Crippen LogP contribution in [0.2, 0.25) is 0 Å². The zero-order chi connectivity index (χ0) is 9.68. The lowest BCUT2D eigenvalue weighted by Crippen LogP contribution is -2.28. The molecule has 0 aliphatic carbocycles. The van der Waals surface area contributed by atoms with Gasteiger partial charge in [-0.15, -0.1) is 0 Å². The highest BCUT2D eigenvalue weighted by Gasteiger charge is 2.09. The van der Waals surface area contributed by atoms with Crippen LogP contribution in [0, 0.1) is 5.92 Å². The maximum Gasteiger partial charge on any atom is 0.223 e. The summed E-state index contributed by atoms with van der Waals surface area (Å²) in [6.07, 6.45) is 2.47.